The van der Waals surface area contributed by atoms with Crippen molar-refractivity contribution in [2.24, 2.45) is 0 Å². The fourth-order valence-electron chi connectivity index (χ4n) is 3.93. The summed E-state index contributed by atoms with van der Waals surface area (Å²) >= 11 is 0. The first kappa shape index (κ1) is 15.0. The van der Waals surface area contributed by atoms with Crippen LogP contribution in [0.2, 0.25) is 0 Å². The fraction of sp³-hybridized carbons (Fsp3) is 0.368. The number of carbonyl (C=O) groups excluding carboxylic acids is 2. The molecule has 0 aliphatic carbocycles. The molecule has 1 aromatic carbocycles. The molecule has 4 rings (SSSR count). The summed E-state index contributed by atoms with van der Waals surface area (Å²) < 4.78 is 5.50. The Bertz CT molecular complexity index is 768. The molecule has 2 aromatic rings. The topological polar surface area (TPSA) is 53.8 Å². The minimum atomic E-state index is -0.0713. The van der Waals surface area contributed by atoms with E-state index in [-0.39, 0.29) is 23.9 Å². The van der Waals surface area contributed by atoms with Gasteiger partial charge in [0.05, 0.1) is 12.1 Å². The quantitative estimate of drug-likeness (QED) is 0.853. The van der Waals surface area contributed by atoms with Crippen LogP contribution in [0.15, 0.2) is 46.9 Å². The van der Waals surface area contributed by atoms with Gasteiger partial charge in [0.2, 0.25) is 5.91 Å². The van der Waals surface area contributed by atoms with Crippen molar-refractivity contribution in [2.75, 3.05) is 11.4 Å². The van der Waals surface area contributed by atoms with Crippen LogP contribution in [0.3, 0.4) is 0 Å². The van der Waals surface area contributed by atoms with Gasteiger partial charge in [-0.15, -0.1) is 0 Å². The van der Waals surface area contributed by atoms with Gasteiger partial charge in [-0.2, -0.15) is 0 Å². The number of furan rings is 1. The van der Waals surface area contributed by atoms with Gasteiger partial charge in [-0.1, -0.05) is 18.2 Å². The number of amides is 2. The molecule has 0 saturated carbocycles. The smallest absolute Gasteiger partial charge is 0.289 e. The second-order valence-electron chi connectivity index (χ2n) is 6.47. The summed E-state index contributed by atoms with van der Waals surface area (Å²) in [7, 11) is 0. The van der Waals surface area contributed by atoms with Crippen LogP contribution >= 0.6 is 0 Å². The van der Waals surface area contributed by atoms with E-state index >= 15 is 0 Å². The Kier molecular flexibility index (Phi) is 3.63. The lowest BCUT2D eigenvalue weighted by molar-refractivity contribution is -0.120. The van der Waals surface area contributed by atoms with Crippen LogP contribution in [0.5, 0.6) is 0 Å². The molecule has 124 valence electrons. The summed E-state index contributed by atoms with van der Waals surface area (Å²) in [6.45, 7) is 2.49. The molecule has 0 radical (unpaired) electrons. The minimum absolute atomic E-state index is 0.0497. The van der Waals surface area contributed by atoms with E-state index in [0.29, 0.717) is 18.7 Å². The van der Waals surface area contributed by atoms with E-state index in [1.54, 1.807) is 6.07 Å². The first-order chi connectivity index (χ1) is 11.6. The molecule has 2 saturated heterocycles. The number of para-hydroxylation sites is 1. The summed E-state index contributed by atoms with van der Waals surface area (Å²) in [6, 6.07) is 13.4. The molecule has 24 heavy (non-hydrogen) atoms. The van der Waals surface area contributed by atoms with Crippen molar-refractivity contribution in [3.05, 3.63) is 54.0 Å². The Labute approximate surface area is 140 Å². The SMILES string of the molecule is Cc1ccc(C(=O)N2CC[C@@H]3[C@H]2CCC(=O)N3c2ccccc2)o1. The number of likely N-dealkylation sites (tertiary alicyclic amines) is 1. The molecule has 0 N–H and O–H groups in total. The van der Waals surface area contributed by atoms with Crippen molar-refractivity contribution >= 4 is 17.5 Å². The highest BCUT2D eigenvalue weighted by Gasteiger charge is 2.45. The Hall–Kier alpha value is -2.56. The normalized spacial score (nSPS) is 23.5. The van der Waals surface area contributed by atoms with Gasteiger partial charge in [0.15, 0.2) is 5.76 Å². The van der Waals surface area contributed by atoms with Crippen LogP contribution in [-0.4, -0.2) is 35.3 Å². The average Bonchev–Trinajstić information content (AvgIpc) is 3.21. The van der Waals surface area contributed by atoms with Gasteiger partial charge in [0, 0.05) is 18.7 Å². The molecule has 2 aliphatic rings. The van der Waals surface area contributed by atoms with Crippen LogP contribution in [0.1, 0.15) is 35.6 Å². The van der Waals surface area contributed by atoms with E-state index < -0.39 is 0 Å². The molecule has 5 heteroatoms. The molecule has 3 heterocycles. The summed E-state index contributed by atoms with van der Waals surface area (Å²) in [5, 5.41) is 0. The van der Waals surface area contributed by atoms with Gasteiger partial charge in [0.1, 0.15) is 5.76 Å². The highest BCUT2D eigenvalue weighted by Crippen LogP contribution is 2.35. The molecule has 2 fully saturated rings. The number of hydrogen-bond acceptors (Lipinski definition) is 3. The van der Waals surface area contributed by atoms with Crippen molar-refractivity contribution in [1.29, 1.82) is 0 Å². The van der Waals surface area contributed by atoms with Crippen LogP contribution in [0.25, 0.3) is 0 Å². The third-order valence-electron chi connectivity index (χ3n) is 5.01. The third kappa shape index (κ3) is 2.40. The zero-order valence-electron chi connectivity index (χ0n) is 13.6. The predicted molar refractivity (Wildman–Crippen MR) is 89.8 cm³/mol. The van der Waals surface area contributed by atoms with E-state index in [0.717, 1.165) is 24.3 Å². The third-order valence-corrected chi connectivity index (χ3v) is 5.01. The van der Waals surface area contributed by atoms with Crippen molar-refractivity contribution < 1.29 is 14.0 Å². The second-order valence-corrected chi connectivity index (χ2v) is 6.47. The molecule has 0 spiro atoms. The van der Waals surface area contributed by atoms with E-state index in [4.69, 9.17) is 4.42 Å². The zero-order chi connectivity index (χ0) is 16.7. The maximum atomic E-state index is 12.8. The molecular weight excluding hydrogens is 304 g/mol. The summed E-state index contributed by atoms with van der Waals surface area (Å²) in [5.41, 5.74) is 0.917. The average molecular weight is 324 g/mol. The summed E-state index contributed by atoms with van der Waals surface area (Å²) in [5.74, 6) is 1.19. The Morgan fingerprint density at radius 3 is 2.58 bits per heavy atom. The molecule has 0 bridgehead atoms. The number of aryl methyl sites for hydroxylation is 1. The monoisotopic (exact) mass is 324 g/mol. The number of fused-ring (bicyclic) bond motifs is 1. The number of hydrogen-bond donors (Lipinski definition) is 0. The largest absolute Gasteiger partial charge is 0.456 e. The van der Waals surface area contributed by atoms with Gasteiger partial charge in [-0.05, 0) is 44.0 Å². The number of anilines is 1. The minimum Gasteiger partial charge on any atom is -0.456 e. The maximum absolute atomic E-state index is 12.8. The lowest BCUT2D eigenvalue weighted by atomic mass is 9.95. The van der Waals surface area contributed by atoms with Crippen molar-refractivity contribution in [3.8, 4) is 0 Å². The van der Waals surface area contributed by atoms with E-state index in [1.165, 1.54) is 0 Å². The van der Waals surface area contributed by atoms with Crippen LogP contribution in [0.4, 0.5) is 5.69 Å². The van der Waals surface area contributed by atoms with Gasteiger partial charge in [-0.3, -0.25) is 9.59 Å². The Morgan fingerprint density at radius 1 is 1.08 bits per heavy atom. The zero-order valence-corrected chi connectivity index (χ0v) is 13.6. The van der Waals surface area contributed by atoms with Crippen LogP contribution in [0, 0.1) is 6.92 Å². The molecular formula is C19H20N2O3. The van der Waals surface area contributed by atoms with Gasteiger partial charge >= 0.3 is 0 Å². The first-order valence-corrected chi connectivity index (χ1v) is 8.39. The lowest BCUT2D eigenvalue weighted by Gasteiger charge is -2.39. The number of carbonyl (C=O) groups is 2. The van der Waals surface area contributed by atoms with Crippen molar-refractivity contribution in [1.82, 2.24) is 4.90 Å². The van der Waals surface area contributed by atoms with E-state index in [9.17, 15) is 9.59 Å². The van der Waals surface area contributed by atoms with Gasteiger partial charge < -0.3 is 14.2 Å². The highest BCUT2D eigenvalue weighted by molar-refractivity contribution is 5.96. The number of nitrogens with zero attached hydrogens (tertiary/aromatic N) is 2. The van der Waals surface area contributed by atoms with E-state index in [2.05, 4.69) is 0 Å². The number of benzene rings is 1. The Morgan fingerprint density at radius 2 is 1.88 bits per heavy atom. The first-order valence-electron chi connectivity index (χ1n) is 8.39. The molecule has 2 aliphatic heterocycles. The van der Waals surface area contributed by atoms with Crippen molar-refractivity contribution in [2.45, 2.75) is 38.3 Å². The molecule has 0 unspecified atom stereocenters. The summed E-state index contributed by atoms with van der Waals surface area (Å²) in [6.07, 6.45) is 1.99. The van der Waals surface area contributed by atoms with Crippen LogP contribution < -0.4 is 4.90 Å². The van der Waals surface area contributed by atoms with E-state index in [1.807, 2.05) is 53.1 Å². The standard InChI is InChI=1S/C19H20N2O3/c1-13-7-9-17(24-13)19(23)20-12-11-16-15(20)8-10-18(22)21(16)14-5-3-2-4-6-14/h2-7,9,15-16H,8,10-12H2,1H3/t15-,16-/m1/s1. The number of piperidine rings is 1. The van der Waals surface area contributed by atoms with Gasteiger partial charge in [-0.25, -0.2) is 0 Å². The highest BCUT2D eigenvalue weighted by atomic mass is 16.3. The molecule has 5 nitrogen and oxygen atoms in total. The second kappa shape index (κ2) is 5.82. The fourth-order valence-corrected chi connectivity index (χ4v) is 3.93. The van der Waals surface area contributed by atoms with Crippen molar-refractivity contribution in [3.63, 3.8) is 0 Å². The maximum Gasteiger partial charge on any atom is 0.289 e. The lowest BCUT2D eigenvalue weighted by Crippen LogP contribution is -2.53. The molecule has 2 atom stereocenters. The Balaban J connectivity index is 1.61. The predicted octanol–water partition coefficient (Wildman–Crippen LogP) is 3.00. The molecule has 2 amide bonds. The van der Waals surface area contributed by atoms with Gasteiger partial charge in [0.25, 0.3) is 5.91 Å². The summed E-state index contributed by atoms with van der Waals surface area (Å²) in [4.78, 5) is 29.0. The van der Waals surface area contributed by atoms with Crippen LogP contribution in [-0.2, 0) is 4.79 Å². The molecule has 1 aromatic heterocycles. The number of rotatable bonds is 2.